The Hall–Kier alpha value is -1.51. The number of rotatable bonds is 4. The zero-order valence-corrected chi connectivity index (χ0v) is 13.3. The smallest absolute Gasteiger partial charge is 0.225 e. The topological polar surface area (TPSA) is 23.6 Å². The summed E-state index contributed by atoms with van der Waals surface area (Å²) in [4.78, 5) is 16.7. The van der Waals surface area contributed by atoms with Crippen LogP contribution in [0.15, 0.2) is 18.2 Å². The van der Waals surface area contributed by atoms with Gasteiger partial charge in [-0.05, 0) is 36.8 Å². The Morgan fingerprint density at radius 2 is 1.62 bits per heavy atom. The molecule has 1 amide bonds. The number of aryl methyl sites for hydroxylation is 2. The Morgan fingerprint density at radius 3 is 2.10 bits per heavy atom. The van der Waals surface area contributed by atoms with Crippen molar-refractivity contribution in [1.82, 2.24) is 4.90 Å². The summed E-state index contributed by atoms with van der Waals surface area (Å²) in [5, 5.41) is 0. The number of anilines is 1. The van der Waals surface area contributed by atoms with Crippen LogP contribution in [0.5, 0.6) is 0 Å². The molecule has 1 saturated heterocycles. The van der Waals surface area contributed by atoms with E-state index in [-0.39, 0.29) is 0 Å². The van der Waals surface area contributed by atoms with Crippen molar-refractivity contribution in [3.05, 3.63) is 29.3 Å². The number of carbonyl (C=O) groups is 1. The highest BCUT2D eigenvalue weighted by atomic mass is 16.2. The van der Waals surface area contributed by atoms with Gasteiger partial charge in [-0.25, -0.2) is 0 Å². The fourth-order valence-electron chi connectivity index (χ4n) is 3.36. The molecule has 0 N–H and O–H groups in total. The van der Waals surface area contributed by atoms with E-state index >= 15 is 0 Å². The number of benzene rings is 1. The first kappa shape index (κ1) is 14.4. The molecule has 0 spiro atoms. The molecule has 1 aromatic carbocycles. The van der Waals surface area contributed by atoms with Crippen LogP contribution in [0.25, 0.3) is 0 Å². The van der Waals surface area contributed by atoms with E-state index in [2.05, 4.69) is 41.8 Å². The molecule has 3 rings (SSSR count). The molecule has 2 aliphatic rings. The van der Waals surface area contributed by atoms with Crippen molar-refractivity contribution in [2.45, 2.75) is 39.5 Å². The highest BCUT2D eigenvalue weighted by molar-refractivity contribution is 5.81. The lowest BCUT2D eigenvalue weighted by atomic mass is 10.0. The monoisotopic (exact) mass is 286 g/mol. The summed E-state index contributed by atoms with van der Waals surface area (Å²) in [6.45, 7) is 8.17. The van der Waals surface area contributed by atoms with Crippen molar-refractivity contribution in [2.24, 2.45) is 5.92 Å². The van der Waals surface area contributed by atoms with Crippen LogP contribution in [-0.4, -0.2) is 37.0 Å². The van der Waals surface area contributed by atoms with E-state index in [1.165, 1.54) is 16.8 Å². The van der Waals surface area contributed by atoms with Gasteiger partial charge in [-0.15, -0.1) is 0 Å². The molecule has 0 unspecified atom stereocenters. The molecule has 0 radical (unpaired) electrons. The van der Waals surface area contributed by atoms with Gasteiger partial charge in [0.25, 0.3) is 0 Å². The Kier molecular flexibility index (Phi) is 4.18. The van der Waals surface area contributed by atoms with E-state index in [1.807, 2.05) is 0 Å². The standard InChI is InChI=1S/C18H26N2O/c1-3-14-6-5-7-15(4-2)17(14)19-10-12-20(13-11-19)18(21)16-8-9-16/h5-7,16H,3-4,8-13H2,1-2H3. The van der Waals surface area contributed by atoms with Crippen molar-refractivity contribution in [2.75, 3.05) is 31.1 Å². The fraction of sp³-hybridized carbons (Fsp3) is 0.611. The van der Waals surface area contributed by atoms with E-state index in [0.29, 0.717) is 11.8 Å². The van der Waals surface area contributed by atoms with E-state index in [4.69, 9.17) is 0 Å². The van der Waals surface area contributed by atoms with E-state index in [0.717, 1.165) is 51.9 Å². The predicted molar refractivity (Wildman–Crippen MR) is 86.7 cm³/mol. The van der Waals surface area contributed by atoms with E-state index < -0.39 is 0 Å². The summed E-state index contributed by atoms with van der Waals surface area (Å²) in [6, 6.07) is 6.67. The molecule has 114 valence electrons. The normalized spacial score (nSPS) is 19.0. The number of para-hydroxylation sites is 1. The van der Waals surface area contributed by atoms with Gasteiger partial charge in [0.15, 0.2) is 0 Å². The largest absolute Gasteiger partial charge is 0.368 e. The first-order valence-corrected chi connectivity index (χ1v) is 8.39. The highest BCUT2D eigenvalue weighted by Crippen LogP contribution is 2.32. The van der Waals surface area contributed by atoms with Crippen molar-refractivity contribution >= 4 is 11.6 Å². The van der Waals surface area contributed by atoms with Crippen LogP contribution in [0.1, 0.15) is 37.8 Å². The summed E-state index contributed by atoms with van der Waals surface area (Å²) < 4.78 is 0. The molecule has 0 aromatic heterocycles. The van der Waals surface area contributed by atoms with Crippen LogP contribution in [0.3, 0.4) is 0 Å². The minimum absolute atomic E-state index is 0.352. The van der Waals surface area contributed by atoms with Gasteiger partial charge in [0.05, 0.1) is 0 Å². The number of amides is 1. The molecule has 0 atom stereocenters. The van der Waals surface area contributed by atoms with Crippen LogP contribution < -0.4 is 4.90 Å². The van der Waals surface area contributed by atoms with Gasteiger partial charge in [-0.3, -0.25) is 4.79 Å². The SMILES string of the molecule is CCc1cccc(CC)c1N1CCN(C(=O)C2CC2)CC1. The third-order valence-corrected chi connectivity index (χ3v) is 4.80. The molecule has 1 saturated carbocycles. The molecule has 0 bridgehead atoms. The first-order chi connectivity index (χ1) is 10.2. The molecular weight excluding hydrogens is 260 g/mol. The Labute approximate surface area is 127 Å². The quantitative estimate of drug-likeness (QED) is 0.849. The zero-order valence-electron chi connectivity index (χ0n) is 13.3. The maximum Gasteiger partial charge on any atom is 0.225 e. The minimum atomic E-state index is 0.352. The van der Waals surface area contributed by atoms with Gasteiger partial charge < -0.3 is 9.80 Å². The summed E-state index contributed by atoms with van der Waals surface area (Å²) in [6.07, 6.45) is 4.37. The molecule has 3 nitrogen and oxygen atoms in total. The molecular formula is C18H26N2O. The van der Waals surface area contributed by atoms with Gasteiger partial charge in [-0.2, -0.15) is 0 Å². The van der Waals surface area contributed by atoms with Crippen LogP contribution in [-0.2, 0) is 17.6 Å². The second kappa shape index (κ2) is 6.08. The van der Waals surface area contributed by atoms with E-state index in [9.17, 15) is 4.79 Å². The van der Waals surface area contributed by atoms with Crippen LogP contribution >= 0.6 is 0 Å². The number of carbonyl (C=O) groups excluding carboxylic acids is 1. The third kappa shape index (κ3) is 2.92. The molecule has 1 aliphatic heterocycles. The summed E-state index contributed by atoms with van der Waals surface area (Å²) >= 11 is 0. The maximum atomic E-state index is 12.2. The van der Waals surface area contributed by atoms with Crippen molar-refractivity contribution in [1.29, 1.82) is 0 Å². The molecule has 1 aliphatic carbocycles. The zero-order chi connectivity index (χ0) is 14.8. The van der Waals surface area contributed by atoms with Crippen molar-refractivity contribution < 1.29 is 4.79 Å². The van der Waals surface area contributed by atoms with Crippen LogP contribution in [0.4, 0.5) is 5.69 Å². The average Bonchev–Trinajstić information content (AvgIpc) is 3.38. The van der Waals surface area contributed by atoms with Crippen molar-refractivity contribution in [3.8, 4) is 0 Å². The van der Waals surface area contributed by atoms with Gasteiger partial charge in [0.1, 0.15) is 0 Å². The van der Waals surface area contributed by atoms with Gasteiger partial charge in [0, 0.05) is 37.8 Å². The Morgan fingerprint density at radius 1 is 1.05 bits per heavy atom. The average molecular weight is 286 g/mol. The number of piperazine rings is 1. The van der Waals surface area contributed by atoms with Gasteiger partial charge >= 0.3 is 0 Å². The third-order valence-electron chi connectivity index (χ3n) is 4.80. The highest BCUT2D eigenvalue weighted by Gasteiger charge is 2.34. The lowest BCUT2D eigenvalue weighted by Crippen LogP contribution is -2.49. The summed E-state index contributed by atoms with van der Waals surface area (Å²) in [5.41, 5.74) is 4.31. The predicted octanol–water partition coefficient (Wildman–Crippen LogP) is 2.87. The second-order valence-electron chi connectivity index (χ2n) is 6.22. The van der Waals surface area contributed by atoms with E-state index in [1.54, 1.807) is 0 Å². The lowest BCUT2D eigenvalue weighted by molar-refractivity contribution is -0.132. The summed E-state index contributed by atoms with van der Waals surface area (Å²) in [7, 11) is 0. The number of hydrogen-bond donors (Lipinski definition) is 0. The van der Waals surface area contributed by atoms with Crippen LogP contribution in [0.2, 0.25) is 0 Å². The lowest BCUT2D eigenvalue weighted by Gasteiger charge is -2.38. The molecule has 3 heteroatoms. The van der Waals surface area contributed by atoms with Gasteiger partial charge in [-0.1, -0.05) is 32.0 Å². The van der Waals surface area contributed by atoms with Crippen LogP contribution in [0, 0.1) is 5.92 Å². The number of nitrogens with zero attached hydrogens (tertiary/aromatic N) is 2. The maximum absolute atomic E-state index is 12.2. The second-order valence-corrected chi connectivity index (χ2v) is 6.22. The Bertz CT molecular complexity index is 492. The first-order valence-electron chi connectivity index (χ1n) is 8.39. The fourth-order valence-corrected chi connectivity index (χ4v) is 3.36. The minimum Gasteiger partial charge on any atom is -0.368 e. The molecule has 1 heterocycles. The summed E-state index contributed by atoms with van der Waals surface area (Å²) in [5.74, 6) is 0.750. The molecule has 1 aromatic rings. The molecule has 21 heavy (non-hydrogen) atoms. The molecule has 2 fully saturated rings. The van der Waals surface area contributed by atoms with Gasteiger partial charge in [0.2, 0.25) is 5.91 Å². The Balaban J connectivity index is 1.73. The van der Waals surface area contributed by atoms with Crippen molar-refractivity contribution in [3.63, 3.8) is 0 Å². The number of hydrogen-bond acceptors (Lipinski definition) is 2.